The van der Waals surface area contributed by atoms with Gasteiger partial charge in [-0.1, -0.05) is 29.0 Å². The first-order chi connectivity index (χ1) is 15.8. The summed E-state index contributed by atoms with van der Waals surface area (Å²) >= 11 is 6.98. The highest BCUT2D eigenvalue weighted by molar-refractivity contribution is 7.17. The summed E-state index contributed by atoms with van der Waals surface area (Å²) in [6.07, 6.45) is 1.87. The fourth-order valence-electron chi connectivity index (χ4n) is 3.58. The maximum atomic E-state index is 13.0. The summed E-state index contributed by atoms with van der Waals surface area (Å²) in [7, 11) is 3.41. The number of carbonyl (C=O) groups excluding carboxylic acids is 3. The van der Waals surface area contributed by atoms with Crippen molar-refractivity contribution in [1.82, 2.24) is 10.2 Å². The van der Waals surface area contributed by atoms with E-state index in [4.69, 9.17) is 16.3 Å². The summed E-state index contributed by atoms with van der Waals surface area (Å²) in [5.41, 5.74) is 3.16. The van der Waals surface area contributed by atoms with E-state index in [1.165, 1.54) is 18.2 Å². The number of hydrogen-bond donors (Lipinski definition) is 2. The fraction of sp³-hybridized carbons (Fsp3) is 0.435. The van der Waals surface area contributed by atoms with Crippen LogP contribution in [0.15, 0.2) is 30.3 Å². The number of nitrogens with one attached hydrogen (secondary N) is 2. The van der Waals surface area contributed by atoms with Crippen LogP contribution in [0.5, 0.6) is 5.06 Å². The molecule has 1 aliphatic rings. The summed E-state index contributed by atoms with van der Waals surface area (Å²) in [5, 5.41) is 5.81. The largest absolute Gasteiger partial charge is 0.469 e. The number of esters is 1. The predicted molar refractivity (Wildman–Crippen MR) is 128 cm³/mol. The van der Waals surface area contributed by atoms with Gasteiger partial charge < -0.3 is 25.0 Å². The van der Waals surface area contributed by atoms with Crippen molar-refractivity contribution < 1.29 is 23.9 Å². The van der Waals surface area contributed by atoms with Gasteiger partial charge >= 0.3 is 12.1 Å². The molecule has 0 spiro atoms. The van der Waals surface area contributed by atoms with Crippen LogP contribution in [0, 0.1) is 0 Å². The van der Waals surface area contributed by atoms with E-state index >= 15 is 0 Å². The number of carbonyl (C=O) groups is 3. The van der Waals surface area contributed by atoms with Gasteiger partial charge in [-0.15, -0.1) is 0 Å². The molecule has 2 aromatic rings. The lowest BCUT2D eigenvalue weighted by Crippen LogP contribution is -2.45. The molecule has 3 rings (SSSR count). The maximum absolute atomic E-state index is 13.0. The van der Waals surface area contributed by atoms with E-state index in [1.807, 2.05) is 18.2 Å². The van der Waals surface area contributed by atoms with Crippen molar-refractivity contribution in [2.24, 2.45) is 0 Å². The Balaban J connectivity index is 1.65. The second-order valence-electron chi connectivity index (χ2n) is 7.89. The highest BCUT2D eigenvalue weighted by Crippen LogP contribution is 2.28. The second kappa shape index (κ2) is 12.0. The fourth-order valence-corrected chi connectivity index (χ4v) is 4.45. The van der Waals surface area contributed by atoms with Crippen LogP contribution in [0.1, 0.15) is 30.4 Å². The number of benzene rings is 1. The molecule has 1 aromatic carbocycles. The molecule has 0 unspecified atom stereocenters. The number of halogens is 1. The quantitative estimate of drug-likeness (QED) is 0.542. The lowest BCUT2D eigenvalue weighted by atomic mass is 10.0. The van der Waals surface area contributed by atoms with Crippen LogP contribution in [0.25, 0.3) is 0 Å². The lowest BCUT2D eigenvalue weighted by molar-refractivity contribution is -0.140. The van der Waals surface area contributed by atoms with Crippen molar-refractivity contribution in [1.29, 1.82) is 0 Å². The lowest BCUT2D eigenvalue weighted by Gasteiger charge is -2.18. The van der Waals surface area contributed by atoms with E-state index in [2.05, 4.69) is 27.3 Å². The SMILES string of the molecule is COC(=O)CCC[C@@H](NC(=O)Oc1ccc(Cl)s1)C(=O)Nc1ccc2c(c1)CCN(C)CC2. The first-order valence-electron chi connectivity index (χ1n) is 10.8. The Bertz CT molecular complexity index is 996. The van der Waals surface area contributed by atoms with Crippen LogP contribution in [0.2, 0.25) is 4.34 Å². The Hall–Kier alpha value is -2.62. The first-order valence-corrected chi connectivity index (χ1v) is 11.9. The van der Waals surface area contributed by atoms with Crippen LogP contribution in [-0.4, -0.2) is 56.2 Å². The Morgan fingerprint density at radius 1 is 1.15 bits per heavy atom. The third kappa shape index (κ3) is 7.73. The zero-order valence-electron chi connectivity index (χ0n) is 18.7. The zero-order chi connectivity index (χ0) is 23.8. The van der Waals surface area contributed by atoms with Gasteiger partial charge in [-0.25, -0.2) is 4.79 Å². The molecule has 2 amide bonds. The molecular weight excluding hydrogens is 466 g/mol. The standard InChI is InChI=1S/C23H28ClN3O5S/c1-27-12-10-15-6-7-17(14-16(15)11-13-27)25-22(29)18(4-3-5-20(28)31-2)26-23(30)32-21-9-8-19(24)33-21/h6-9,14,18H,3-5,10-13H2,1-2H3,(H,25,29)(H,26,30)/t18-/m1/s1. The van der Waals surface area contributed by atoms with E-state index in [-0.39, 0.29) is 24.7 Å². The molecule has 0 radical (unpaired) electrons. The molecule has 0 aliphatic carbocycles. The Morgan fingerprint density at radius 3 is 2.61 bits per heavy atom. The molecule has 8 nitrogen and oxygen atoms in total. The number of likely N-dealkylation sites (N-methyl/N-ethyl adjacent to an activating group) is 1. The number of ether oxygens (including phenoxy) is 2. The summed E-state index contributed by atoms with van der Waals surface area (Å²) in [6.45, 7) is 1.96. The summed E-state index contributed by atoms with van der Waals surface area (Å²) in [6, 6.07) is 8.21. The van der Waals surface area contributed by atoms with Gasteiger partial charge in [-0.05, 0) is 68.1 Å². The van der Waals surface area contributed by atoms with Crippen LogP contribution in [0.4, 0.5) is 10.5 Å². The minimum Gasteiger partial charge on any atom is -0.469 e. The number of thiophene rings is 1. The predicted octanol–water partition coefficient (Wildman–Crippen LogP) is 3.87. The summed E-state index contributed by atoms with van der Waals surface area (Å²) in [4.78, 5) is 39.1. The summed E-state index contributed by atoms with van der Waals surface area (Å²) < 4.78 is 10.4. The van der Waals surface area contributed by atoms with Crippen molar-refractivity contribution in [3.8, 4) is 5.06 Å². The molecule has 1 aromatic heterocycles. The highest BCUT2D eigenvalue weighted by Gasteiger charge is 2.23. The Labute approximate surface area is 202 Å². The third-order valence-electron chi connectivity index (χ3n) is 5.45. The molecule has 10 heteroatoms. The molecule has 33 heavy (non-hydrogen) atoms. The number of amides is 2. The molecular formula is C23H28ClN3O5S. The minimum atomic E-state index is -0.887. The van der Waals surface area contributed by atoms with Crippen molar-refractivity contribution in [3.05, 3.63) is 45.8 Å². The van der Waals surface area contributed by atoms with Gasteiger partial charge in [0, 0.05) is 25.2 Å². The van der Waals surface area contributed by atoms with E-state index in [0.717, 1.165) is 37.3 Å². The maximum Gasteiger partial charge on any atom is 0.414 e. The monoisotopic (exact) mass is 493 g/mol. The van der Waals surface area contributed by atoms with Crippen LogP contribution in [-0.2, 0) is 27.2 Å². The van der Waals surface area contributed by atoms with Gasteiger partial charge in [0.25, 0.3) is 0 Å². The zero-order valence-corrected chi connectivity index (χ0v) is 20.3. The van der Waals surface area contributed by atoms with Gasteiger partial charge in [0.05, 0.1) is 11.4 Å². The van der Waals surface area contributed by atoms with Crippen molar-refractivity contribution in [2.75, 3.05) is 32.6 Å². The van der Waals surface area contributed by atoms with Crippen LogP contribution >= 0.6 is 22.9 Å². The summed E-state index contributed by atoms with van der Waals surface area (Å²) in [5.74, 6) is -0.757. The second-order valence-corrected chi connectivity index (χ2v) is 9.57. The van der Waals surface area contributed by atoms with Crippen LogP contribution < -0.4 is 15.4 Å². The average Bonchev–Trinajstić information content (AvgIpc) is 3.10. The van der Waals surface area contributed by atoms with E-state index in [0.29, 0.717) is 21.5 Å². The smallest absolute Gasteiger partial charge is 0.414 e. The Kier molecular flexibility index (Phi) is 9.11. The van der Waals surface area contributed by atoms with Crippen LogP contribution in [0.3, 0.4) is 0 Å². The van der Waals surface area contributed by atoms with E-state index < -0.39 is 12.1 Å². The molecule has 0 fully saturated rings. The molecule has 2 heterocycles. The van der Waals surface area contributed by atoms with Crippen molar-refractivity contribution in [2.45, 2.75) is 38.1 Å². The minimum absolute atomic E-state index is 0.143. The topological polar surface area (TPSA) is 97.0 Å². The molecule has 0 bridgehead atoms. The third-order valence-corrected chi connectivity index (χ3v) is 6.56. The molecule has 1 aliphatic heterocycles. The molecule has 178 valence electrons. The first kappa shape index (κ1) is 25.0. The molecule has 0 saturated heterocycles. The van der Waals surface area contributed by atoms with Gasteiger partial charge in [-0.2, -0.15) is 0 Å². The number of fused-ring (bicyclic) bond motifs is 1. The van der Waals surface area contributed by atoms with Gasteiger partial charge in [0.1, 0.15) is 6.04 Å². The van der Waals surface area contributed by atoms with Gasteiger partial charge in [0.15, 0.2) is 5.06 Å². The molecule has 1 atom stereocenters. The highest BCUT2D eigenvalue weighted by atomic mass is 35.5. The van der Waals surface area contributed by atoms with Crippen molar-refractivity contribution >= 4 is 46.6 Å². The number of methoxy groups -OCH3 is 1. The Morgan fingerprint density at radius 2 is 1.91 bits per heavy atom. The molecule has 0 saturated carbocycles. The van der Waals surface area contributed by atoms with Gasteiger partial charge in [-0.3, -0.25) is 9.59 Å². The van der Waals surface area contributed by atoms with E-state index in [1.54, 1.807) is 12.1 Å². The van der Waals surface area contributed by atoms with Crippen molar-refractivity contribution in [3.63, 3.8) is 0 Å². The van der Waals surface area contributed by atoms with E-state index in [9.17, 15) is 14.4 Å². The number of rotatable bonds is 8. The number of hydrogen-bond acceptors (Lipinski definition) is 7. The average molecular weight is 494 g/mol. The number of anilines is 1. The number of nitrogens with zero attached hydrogens (tertiary/aromatic N) is 1. The normalized spacial score (nSPS) is 14.5. The van der Waals surface area contributed by atoms with Gasteiger partial charge in [0.2, 0.25) is 5.91 Å². The molecule has 2 N–H and O–H groups in total.